The molecule has 4 aromatic heterocycles. The van der Waals surface area contributed by atoms with Crippen LogP contribution in [-0.2, 0) is 0 Å². The zero-order chi connectivity index (χ0) is 46.2. The van der Waals surface area contributed by atoms with Gasteiger partial charge in [0.2, 0.25) is 0 Å². The van der Waals surface area contributed by atoms with E-state index in [9.17, 15) is 10.5 Å². The molecule has 0 saturated heterocycles. The topological polar surface area (TPSA) is 57.4 Å². The van der Waals surface area contributed by atoms with Crippen LogP contribution >= 0.6 is 22.7 Å². The molecule has 0 spiro atoms. The maximum Gasteiger partial charge on any atom is 0.102 e. The lowest BCUT2D eigenvalue weighted by molar-refractivity contribution is 1.12. The monoisotopic (exact) mass is 922 g/mol. The number of fused-ring (bicyclic) bond motifs is 16. The van der Waals surface area contributed by atoms with Crippen LogP contribution < -0.4 is 0 Å². The average molecular weight is 923 g/mol. The minimum absolute atomic E-state index is 0.436. The number of benzene rings is 11. The van der Waals surface area contributed by atoms with Crippen LogP contribution in [0.4, 0.5) is 0 Å². The van der Waals surface area contributed by atoms with Crippen LogP contribution in [0.1, 0.15) is 11.1 Å². The lowest BCUT2D eigenvalue weighted by Gasteiger charge is -2.26. The normalized spacial score (nSPS) is 12.0. The van der Waals surface area contributed by atoms with E-state index >= 15 is 0 Å². The fraction of sp³-hybridized carbons (Fsp3) is 0. The lowest BCUT2D eigenvalue weighted by atomic mass is 9.84. The van der Waals surface area contributed by atoms with Gasteiger partial charge in [-0.15, -0.1) is 22.7 Å². The van der Waals surface area contributed by atoms with Gasteiger partial charge in [0.1, 0.15) is 12.1 Å². The van der Waals surface area contributed by atoms with Gasteiger partial charge in [0.05, 0.1) is 44.6 Å². The fourth-order valence-corrected chi connectivity index (χ4v) is 14.3. The molecule has 0 aliphatic rings. The van der Waals surface area contributed by atoms with Crippen molar-refractivity contribution in [2.75, 3.05) is 0 Å². The first kappa shape index (κ1) is 39.0. The molecule has 0 bridgehead atoms. The summed E-state index contributed by atoms with van der Waals surface area (Å²) in [5, 5.41) is 37.9. The third kappa shape index (κ3) is 5.21. The number of nitrogens with zero attached hydrogens (tertiary/aromatic N) is 4. The van der Waals surface area contributed by atoms with E-state index in [0.717, 1.165) is 93.2 Å². The molecule has 15 rings (SSSR count). The minimum Gasteiger partial charge on any atom is -0.307 e. The highest BCUT2D eigenvalue weighted by atomic mass is 32.1. The molecule has 15 aromatic rings. The van der Waals surface area contributed by atoms with Gasteiger partial charge in [-0.25, -0.2) is 0 Å². The summed E-state index contributed by atoms with van der Waals surface area (Å²) in [6.45, 7) is 0. The Bertz CT molecular complexity index is 4630. The predicted octanol–water partition coefficient (Wildman–Crippen LogP) is 18.0. The van der Waals surface area contributed by atoms with Crippen molar-refractivity contribution in [1.29, 1.82) is 10.5 Å². The molecular weight excluding hydrogens is 889 g/mol. The highest BCUT2D eigenvalue weighted by Crippen LogP contribution is 2.53. The number of aromatic nitrogens is 2. The maximum absolute atomic E-state index is 12.2. The molecule has 4 heterocycles. The SMILES string of the molecule is N#Cc1c(-c2cccc3ccccc23)c(C#N)c(-n2c3ccccc3c3c4sc5ccccc5c4ccc32)c(-c2cccc3ccccc23)c1-n1c2ccccc2c2c3sc4ccccc4c3ccc21. The minimum atomic E-state index is 0.436. The highest BCUT2D eigenvalue weighted by Gasteiger charge is 2.33. The molecule has 0 amide bonds. The van der Waals surface area contributed by atoms with Crippen LogP contribution in [0.15, 0.2) is 206 Å². The van der Waals surface area contributed by atoms with E-state index < -0.39 is 0 Å². The van der Waals surface area contributed by atoms with E-state index in [4.69, 9.17) is 0 Å². The fourth-order valence-electron chi connectivity index (χ4n) is 11.8. The van der Waals surface area contributed by atoms with Crippen molar-refractivity contribution in [1.82, 2.24) is 9.13 Å². The molecule has 4 nitrogen and oxygen atoms in total. The summed E-state index contributed by atoms with van der Waals surface area (Å²) in [6.07, 6.45) is 0. The highest BCUT2D eigenvalue weighted by molar-refractivity contribution is 7.27. The number of thiophene rings is 2. The summed E-state index contributed by atoms with van der Waals surface area (Å²) in [6, 6.07) is 78.8. The molecule has 0 fully saturated rings. The molecule has 70 heavy (non-hydrogen) atoms. The number of hydrogen-bond donors (Lipinski definition) is 0. The third-order valence-electron chi connectivity index (χ3n) is 14.6. The Morgan fingerprint density at radius 1 is 0.314 bits per heavy atom. The molecule has 0 N–H and O–H groups in total. The van der Waals surface area contributed by atoms with Gasteiger partial charge in [-0.05, 0) is 69.1 Å². The van der Waals surface area contributed by atoms with E-state index in [1.165, 1.54) is 40.3 Å². The molecule has 322 valence electrons. The second kappa shape index (κ2) is 14.7. The second-order valence-electron chi connectivity index (χ2n) is 18.0. The zero-order valence-corrected chi connectivity index (χ0v) is 38.9. The molecular formula is C64H34N4S2. The summed E-state index contributed by atoms with van der Waals surface area (Å²) in [4.78, 5) is 0. The van der Waals surface area contributed by atoms with Gasteiger partial charge in [0, 0.05) is 73.0 Å². The van der Waals surface area contributed by atoms with Gasteiger partial charge >= 0.3 is 0 Å². The van der Waals surface area contributed by atoms with Crippen LogP contribution in [0.3, 0.4) is 0 Å². The number of rotatable bonds is 4. The van der Waals surface area contributed by atoms with Crippen LogP contribution in [0.5, 0.6) is 0 Å². The molecule has 0 radical (unpaired) electrons. The smallest absolute Gasteiger partial charge is 0.102 e. The van der Waals surface area contributed by atoms with E-state index in [2.05, 4.69) is 215 Å². The standard InChI is InChI=1S/C64H34N4S2/c65-35-49-57(43-25-13-17-37-15-1-3-19-39(37)43)50(36-66)62(68-52-28-10-6-24-48(52)59-54(68)34-32-46-42-22-8-12-30-56(42)70-64(46)59)60(44-26-14-18-38-16-2-4-20-40(38)44)61(49)67-51-27-9-5-23-47(51)58-53(67)33-31-45-41-21-7-11-29-55(41)69-63(45)58/h1-34H. The van der Waals surface area contributed by atoms with Crippen molar-refractivity contribution < 1.29 is 0 Å². The van der Waals surface area contributed by atoms with Gasteiger partial charge in [0.15, 0.2) is 0 Å². The van der Waals surface area contributed by atoms with Crippen LogP contribution in [0.2, 0.25) is 0 Å². The molecule has 0 aliphatic heterocycles. The van der Waals surface area contributed by atoms with Crippen molar-refractivity contribution in [3.05, 3.63) is 217 Å². The van der Waals surface area contributed by atoms with Crippen molar-refractivity contribution in [3.63, 3.8) is 0 Å². The molecule has 6 heteroatoms. The van der Waals surface area contributed by atoms with Gasteiger partial charge in [-0.2, -0.15) is 10.5 Å². The molecule has 0 atom stereocenters. The quantitative estimate of drug-likeness (QED) is 0.177. The van der Waals surface area contributed by atoms with Crippen LogP contribution in [-0.4, -0.2) is 9.13 Å². The maximum atomic E-state index is 12.2. The number of nitriles is 2. The van der Waals surface area contributed by atoms with Gasteiger partial charge in [0.25, 0.3) is 0 Å². The van der Waals surface area contributed by atoms with Gasteiger partial charge in [-0.1, -0.05) is 170 Å². The molecule has 11 aromatic carbocycles. The van der Waals surface area contributed by atoms with Crippen molar-refractivity contribution in [2.45, 2.75) is 0 Å². The Morgan fingerprint density at radius 2 is 0.700 bits per heavy atom. The second-order valence-corrected chi connectivity index (χ2v) is 20.2. The van der Waals surface area contributed by atoms with E-state index in [1.54, 1.807) is 0 Å². The Hall–Kier alpha value is -9.04. The summed E-state index contributed by atoms with van der Waals surface area (Å²) in [7, 11) is 0. The average Bonchev–Trinajstić information content (AvgIpc) is 4.18. The summed E-state index contributed by atoms with van der Waals surface area (Å²) >= 11 is 3.63. The first-order valence-electron chi connectivity index (χ1n) is 23.4. The first-order chi connectivity index (χ1) is 34.7. The molecule has 0 saturated carbocycles. The predicted molar refractivity (Wildman–Crippen MR) is 296 cm³/mol. The Labute approximate surface area is 408 Å². The summed E-state index contributed by atoms with van der Waals surface area (Å²) in [5.41, 5.74) is 9.47. The van der Waals surface area contributed by atoms with Gasteiger partial charge in [-0.3, -0.25) is 0 Å². The van der Waals surface area contributed by atoms with Crippen LogP contribution in [0.25, 0.3) is 139 Å². The van der Waals surface area contributed by atoms with E-state index in [0.29, 0.717) is 16.7 Å². The van der Waals surface area contributed by atoms with Gasteiger partial charge < -0.3 is 9.13 Å². The number of para-hydroxylation sites is 2. The summed E-state index contributed by atoms with van der Waals surface area (Å²) < 4.78 is 9.57. The first-order valence-corrected chi connectivity index (χ1v) is 25.0. The Balaban J connectivity index is 1.24. The van der Waals surface area contributed by atoms with Crippen LogP contribution in [0, 0.1) is 22.7 Å². The van der Waals surface area contributed by atoms with Crippen molar-refractivity contribution >= 4 is 128 Å². The van der Waals surface area contributed by atoms with E-state index in [1.807, 2.05) is 34.8 Å². The van der Waals surface area contributed by atoms with Crippen molar-refractivity contribution in [3.8, 4) is 45.8 Å². The zero-order valence-electron chi connectivity index (χ0n) is 37.2. The Kier molecular flexibility index (Phi) is 8.21. The van der Waals surface area contributed by atoms with Crippen molar-refractivity contribution in [2.24, 2.45) is 0 Å². The largest absolute Gasteiger partial charge is 0.307 e. The molecule has 0 unspecified atom stereocenters. The third-order valence-corrected chi connectivity index (χ3v) is 17.0. The summed E-state index contributed by atoms with van der Waals surface area (Å²) in [5.74, 6) is 0. The lowest BCUT2D eigenvalue weighted by Crippen LogP contribution is -2.11. The number of hydrogen-bond acceptors (Lipinski definition) is 4. The molecule has 0 aliphatic carbocycles. The Morgan fingerprint density at radius 3 is 1.17 bits per heavy atom. The van der Waals surface area contributed by atoms with E-state index in [-0.39, 0.29) is 0 Å².